The summed E-state index contributed by atoms with van der Waals surface area (Å²) in [7, 11) is -7.34. The van der Waals surface area contributed by atoms with Crippen LogP contribution in [0.5, 0.6) is 0 Å². The smallest absolute Gasteiger partial charge is 0.261 e. The lowest BCUT2D eigenvalue weighted by Gasteiger charge is -2.09. The Hall–Kier alpha value is -1.57. The molecule has 0 saturated carbocycles. The van der Waals surface area contributed by atoms with Crippen LogP contribution in [-0.2, 0) is 19.9 Å². The largest absolute Gasteiger partial charge is 0.280 e. The van der Waals surface area contributed by atoms with Crippen molar-refractivity contribution in [3.63, 3.8) is 0 Å². The first-order valence-electron chi connectivity index (χ1n) is 5.77. The maximum absolute atomic E-state index is 12.2. The highest BCUT2D eigenvalue weighted by Gasteiger charge is 2.17. The Morgan fingerprint density at radius 3 is 2.05 bits per heavy atom. The molecule has 2 rings (SSSR count). The number of sulfone groups is 1. The molecule has 0 bridgehead atoms. The van der Waals surface area contributed by atoms with Crippen LogP contribution >= 0.6 is 11.6 Å². The van der Waals surface area contributed by atoms with Gasteiger partial charge in [-0.15, -0.1) is 0 Å². The average molecular weight is 346 g/mol. The zero-order valence-electron chi connectivity index (χ0n) is 10.9. The van der Waals surface area contributed by atoms with Gasteiger partial charge in [0.05, 0.1) is 9.79 Å². The van der Waals surface area contributed by atoms with Gasteiger partial charge in [0.15, 0.2) is 9.84 Å². The second kappa shape index (κ2) is 5.67. The van der Waals surface area contributed by atoms with E-state index >= 15 is 0 Å². The molecule has 5 nitrogen and oxygen atoms in total. The van der Waals surface area contributed by atoms with Gasteiger partial charge in [0.25, 0.3) is 10.0 Å². The molecule has 2 aromatic carbocycles. The number of anilines is 1. The van der Waals surface area contributed by atoms with Gasteiger partial charge in [-0.3, -0.25) is 4.72 Å². The summed E-state index contributed by atoms with van der Waals surface area (Å²) < 4.78 is 49.8. The lowest BCUT2D eigenvalue weighted by Crippen LogP contribution is -2.13. The van der Waals surface area contributed by atoms with Crippen molar-refractivity contribution in [1.82, 2.24) is 0 Å². The first-order chi connectivity index (χ1) is 9.68. The van der Waals surface area contributed by atoms with E-state index < -0.39 is 19.9 Å². The molecule has 0 aliphatic heterocycles. The Morgan fingerprint density at radius 2 is 1.48 bits per heavy atom. The van der Waals surface area contributed by atoms with Crippen molar-refractivity contribution in [2.24, 2.45) is 0 Å². The molecule has 2 aromatic rings. The van der Waals surface area contributed by atoms with Crippen LogP contribution < -0.4 is 4.72 Å². The van der Waals surface area contributed by atoms with Crippen molar-refractivity contribution in [1.29, 1.82) is 0 Å². The van der Waals surface area contributed by atoms with E-state index in [1.807, 2.05) is 0 Å². The first kappa shape index (κ1) is 15.8. The molecular weight excluding hydrogens is 334 g/mol. The van der Waals surface area contributed by atoms with Crippen LogP contribution in [0.15, 0.2) is 58.3 Å². The number of hydrogen-bond acceptors (Lipinski definition) is 4. The maximum atomic E-state index is 12.2. The molecule has 0 radical (unpaired) electrons. The van der Waals surface area contributed by atoms with Gasteiger partial charge in [-0.25, -0.2) is 16.8 Å². The maximum Gasteiger partial charge on any atom is 0.261 e. The summed E-state index contributed by atoms with van der Waals surface area (Å²) in [6, 6.07) is 11.3. The van der Waals surface area contributed by atoms with Crippen LogP contribution in [-0.4, -0.2) is 23.1 Å². The van der Waals surface area contributed by atoms with Crippen LogP contribution in [0.2, 0.25) is 5.02 Å². The lowest BCUT2D eigenvalue weighted by atomic mass is 10.3. The van der Waals surface area contributed by atoms with E-state index in [2.05, 4.69) is 4.72 Å². The quantitative estimate of drug-likeness (QED) is 0.923. The summed E-state index contributed by atoms with van der Waals surface area (Å²) in [5.41, 5.74) is 0.337. The Kier molecular flexibility index (Phi) is 4.27. The molecule has 1 N–H and O–H groups in total. The number of sulfonamides is 1. The Bertz CT molecular complexity index is 859. The third-order valence-corrected chi connectivity index (χ3v) is 5.38. The monoisotopic (exact) mass is 345 g/mol. The van der Waals surface area contributed by atoms with Crippen LogP contribution in [0.3, 0.4) is 0 Å². The highest BCUT2D eigenvalue weighted by Crippen LogP contribution is 2.20. The van der Waals surface area contributed by atoms with Gasteiger partial charge in [-0.05, 0) is 42.5 Å². The first-order valence-corrected chi connectivity index (χ1v) is 9.52. The van der Waals surface area contributed by atoms with E-state index in [9.17, 15) is 16.8 Å². The van der Waals surface area contributed by atoms with Gasteiger partial charge >= 0.3 is 0 Å². The minimum absolute atomic E-state index is 0.0542. The van der Waals surface area contributed by atoms with Crippen molar-refractivity contribution < 1.29 is 16.8 Å². The molecule has 0 amide bonds. The van der Waals surface area contributed by atoms with Gasteiger partial charge in [0, 0.05) is 17.0 Å². The van der Waals surface area contributed by atoms with Crippen molar-refractivity contribution in [2.75, 3.05) is 11.0 Å². The third kappa shape index (κ3) is 3.96. The van der Waals surface area contributed by atoms with Crippen LogP contribution in [0, 0.1) is 0 Å². The molecule has 0 spiro atoms. The Morgan fingerprint density at radius 1 is 0.905 bits per heavy atom. The Labute approximate surface area is 128 Å². The van der Waals surface area contributed by atoms with E-state index in [1.54, 1.807) is 12.1 Å². The van der Waals surface area contributed by atoms with Crippen LogP contribution in [0.4, 0.5) is 5.69 Å². The van der Waals surface area contributed by atoms with Gasteiger partial charge in [0.2, 0.25) is 0 Å². The zero-order valence-corrected chi connectivity index (χ0v) is 13.3. The van der Waals surface area contributed by atoms with E-state index in [0.717, 1.165) is 12.3 Å². The minimum atomic E-state index is -3.87. The van der Waals surface area contributed by atoms with Gasteiger partial charge in [-0.2, -0.15) is 0 Å². The predicted octanol–water partition coefficient (Wildman–Crippen LogP) is 2.54. The molecule has 0 fully saturated rings. The molecule has 21 heavy (non-hydrogen) atoms. The second-order valence-corrected chi connectivity index (χ2v) is 8.49. The van der Waals surface area contributed by atoms with Gasteiger partial charge in [0.1, 0.15) is 0 Å². The van der Waals surface area contributed by atoms with Gasteiger partial charge in [-0.1, -0.05) is 17.7 Å². The van der Waals surface area contributed by atoms with Crippen molar-refractivity contribution in [3.8, 4) is 0 Å². The fourth-order valence-corrected chi connectivity index (χ4v) is 3.58. The molecule has 0 atom stereocenters. The number of halogens is 1. The molecule has 8 heteroatoms. The SMILES string of the molecule is CS(=O)(=O)c1cccc(S(=O)(=O)Nc2ccc(Cl)cc2)c1. The highest BCUT2D eigenvalue weighted by atomic mass is 35.5. The predicted molar refractivity (Wildman–Crippen MR) is 81.8 cm³/mol. The third-order valence-electron chi connectivity index (χ3n) is 2.64. The van der Waals surface area contributed by atoms with E-state index in [4.69, 9.17) is 11.6 Å². The molecular formula is C13H12ClNO4S2. The molecule has 0 heterocycles. The fourth-order valence-electron chi connectivity index (χ4n) is 1.60. The van der Waals surface area contributed by atoms with Crippen LogP contribution in [0.25, 0.3) is 0 Å². The number of nitrogens with one attached hydrogen (secondary N) is 1. The zero-order chi connectivity index (χ0) is 15.7. The van der Waals surface area contributed by atoms with E-state index in [0.29, 0.717) is 10.7 Å². The summed E-state index contributed by atoms with van der Waals surface area (Å²) in [6.45, 7) is 0. The molecule has 0 aliphatic rings. The molecule has 112 valence electrons. The molecule has 0 aliphatic carbocycles. The molecule has 0 unspecified atom stereocenters. The summed E-state index contributed by atoms with van der Waals surface area (Å²) in [5.74, 6) is 0. The van der Waals surface area contributed by atoms with E-state index in [-0.39, 0.29) is 9.79 Å². The summed E-state index contributed by atoms with van der Waals surface area (Å²) in [4.78, 5) is -0.179. The second-order valence-electron chi connectivity index (χ2n) is 4.36. The Balaban J connectivity index is 2.38. The van der Waals surface area contributed by atoms with Crippen LogP contribution in [0.1, 0.15) is 0 Å². The van der Waals surface area contributed by atoms with Crippen molar-refractivity contribution >= 4 is 37.1 Å². The number of hydrogen-bond donors (Lipinski definition) is 1. The topological polar surface area (TPSA) is 80.3 Å². The molecule has 0 saturated heterocycles. The van der Waals surface area contributed by atoms with Crippen molar-refractivity contribution in [3.05, 3.63) is 53.6 Å². The summed E-state index contributed by atoms with van der Waals surface area (Å²) in [6.07, 6.45) is 1.02. The van der Waals surface area contributed by atoms with E-state index in [1.165, 1.54) is 30.3 Å². The number of benzene rings is 2. The number of rotatable bonds is 4. The normalized spacial score (nSPS) is 12.1. The highest BCUT2D eigenvalue weighted by molar-refractivity contribution is 7.93. The summed E-state index contributed by atoms with van der Waals surface area (Å²) in [5, 5.41) is 0.483. The lowest BCUT2D eigenvalue weighted by molar-refractivity contribution is 0.599. The standard InChI is InChI=1S/C13H12ClNO4S2/c1-20(16,17)12-3-2-4-13(9-12)21(18,19)15-11-7-5-10(14)6-8-11/h2-9,15H,1H3. The van der Waals surface area contributed by atoms with Crippen molar-refractivity contribution in [2.45, 2.75) is 9.79 Å². The average Bonchev–Trinajstić information content (AvgIpc) is 2.40. The van der Waals surface area contributed by atoms with Gasteiger partial charge < -0.3 is 0 Å². The summed E-state index contributed by atoms with van der Waals surface area (Å²) >= 11 is 5.73. The fraction of sp³-hybridized carbons (Fsp3) is 0.0769. The minimum Gasteiger partial charge on any atom is -0.280 e. The molecule has 0 aromatic heterocycles.